The van der Waals surface area contributed by atoms with Gasteiger partial charge in [-0.05, 0) is 49.2 Å². The van der Waals surface area contributed by atoms with Gasteiger partial charge in [-0.15, -0.1) is 0 Å². The third-order valence-electron chi connectivity index (χ3n) is 5.17. The van der Waals surface area contributed by atoms with Crippen molar-refractivity contribution >= 4 is 23.3 Å². The predicted molar refractivity (Wildman–Crippen MR) is 112 cm³/mol. The number of nitrogens with one attached hydrogen (secondary N) is 1. The van der Waals surface area contributed by atoms with E-state index in [0.717, 1.165) is 24.2 Å². The summed E-state index contributed by atoms with van der Waals surface area (Å²) in [6, 6.07) is 20.6. The Hall–Kier alpha value is -3.54. The number of hydrogen-bond donors (Lipinski definition) is 1. The third kappa shape index (κ3) is 4.01. The van der Waals surface area contributed by atoms with Gasteiger partial charge in [0.05, 0.1) is 12.3 Å². The van der Waals surface area contributed by atoms with Gasteiger partial charge in [-0.1, -0.05) is 36.4 Å². The summed E-state index contributed by atoms with van der Waals surface area (Å²) in [5.74, 6) is -0.0799. The molecule has 1 atom stereocenters. The van der Waals surface area contributed by atoms with E-state index < -0.39 is 0 Å². The van der Waals surface area contributed by atoms with Crippen molar-refractivity contribution in [2.24, 2.45) is 0 Å². The van der Waals surface area contributed by atoms with Crippen LogP contribution >= 0.6 is 0 Å². The SMILES string of the molecule is CC(c1ccccc1)N1CCCN(c2cccc(NC(=O)c3ccco3)c2)C1=O. The fraction of sp³-hybridized carbons (Fsp3) is 0.217. The molecule has 2 aromatic carbocycles. The normalized spacial score (nSPS) is 15.3. The Labute approximate surface area is 169 Å². The average Bonchev–Trinajstić information content (AvgIpc) is 3.29. The first-order chi connectivity index (χ1) is 14.1. The minimum Gasteiger partial charge on any atom is -0.459 e. The summed E-state index contributed by atoms with van der Waals surface area (Å²) in [5.41, 5.74) is 2.49. The van der Waals surface area contributed by atoms with Gasteiger partial charge >= 0.3 is 6.03 Å². The summed E-state index contributed by atoms with van der Waals surface area (Å²) >= 11 is 0. The van der Waals surface area contributed by atoms with E-state index in [-0.39, 0.29) is 23.7 Å². The van der Waals surface area contributed by atoms with Crippen LogP contribution in [0.15, 0.2) is 77.4 Å². The van der Waals surface area contributed by atoms with Crippen LogP contribution in [0.3, 0.4) is 0 Å². The lowest BCUT2D eigenvalue weighted by Gasteiger charge is -2.39. The van der Waals surface area contributed by atoms with Gasteiger partial charge in [-0.25, -0.2) is 4.79 Å². The molecule has 3 aromatic rings. The molecule has 2 heterocycles. The van der Waals surface area contributed by atoms with Crippen LogP contribution in [0, 0.1) is 0 Å². The van der Waals surface area contributed by atoms with Crippen molar-refractivity contribution < 1.29 is 14.0 Å². The summed E-state index contributed by atoms with van der Waals surface area (Å²) in [6.07, 6.45) is 2.34. The number of hydrogen-bond acceptors (Lipinski definition) is 3. The van der Waals surface area contributed by atoms with Crippen LogP contribution < -0.4 is 10.2 Å². The Morgan fingerprint density at radius 3 is 2.62 bits per heavy atom. The highest BCUT2D eigenvalue weighted by Crippen LogP contribution is 2.28. The molecule has 6 heteroatoms. The van der Waals surface area contributed by atoms with Crippen molar-refractivity contribution in [2.45, 2.75) is 19.4 Å². The lowest BCUT2D eigenvalue weighted by atomic mass is 10.1. The Bertz CT molecular complexity index is 986. The van der Waals surface area contributed by atoms with Gasteiger partial charge < -0.3 is 14.6 Å². The first-order valence-electron chi connectivity index (χ1n) is 9.71. The molecule has 3 amide bonds. The Morgan fingerprint density at radius 1 is 1.03 bits per heavy atom. The van der Waals surface area contributed by atoms with Crippen molar-refractivity contribution in [3.63, 3.8) is 0 Å². The topological polar surface area (TPSA) is 65.8 Å². The first kappa shape index (κ1) is 18.8. The van der Waals surface area contributed by atoms with E-state index in [1.165, 1.54) is 6.26 Å². The maximum atomic E-state index is 13.2. The lowest BCUT2D eigenvalue weighted by Crippen LogP contribution is -2.50. The van der Waals surface area contributed by atoms with Crippen molar-refractivity contribution in [3.05, 3.63) is 84.3 Å². The molecular weight excluding hydrogens is 366 g/mol. The van der Waals surface area contributed by atoms with Gasteiger partial charge in [0.1, 0.15) is 0 Å². The van der Waals surface area contributed by atoms with Crippen LogP contribution in [0.2, 0.25) is 0 Å². The van der Waals surface area contributed by atoms with Gasteiger partial charge in [0.25, 0.3) is 5.91 Å². The molecule has 1 unspecified atom stereocenters. The Kier molecular flexibility index (Phi) is 5.33. The van der Waals surface area contributed by atoms with Crippen LogP contribution in [-0.2, 0) is 0 Å². The largest absolute Gasteiger partial charge is 0.459 e. The lowest BCUT2D eigenvalue weighted by molar-refractivity contribution is 0.0996. The monoisotopic (exact) mass is 389 g/mol. The highest BCUT2D eigenvalue weighted by molar-refractivity contribution is 6.03. The highest BCUT2D eigenvalue weighted by Gasteiger charge is 2.30. The van der Waals surface area contributed by atoms with Crippen molar-refractivity contribution in [1.82, 2.24) is 4.90 Å². The number of benzene rings is 2. The number of nitrogens with zero attached hydrogens (tertiary/aromatic N) is 2. The smallest absolute Gasteiger partial charge is 0.324 e. The maximum absolute atomic E-state index is 13.2. The van der Waals surface area contributed by atoms with Crippen molar-refractivity contribution in [2.75, 3.05) is 23.3 Å². The van der Waals surface area contributed by atoms with Crippen LogP contribution in [-0.4, -0.2) is 29.9 Å². The van der Waals surface area contributed by atoms with Crippen molar-refractivity contribution in [3.8, 4) is 0 Å². The number of urea groups is 1. The van der Waals surface area contributed by atoms with Crippen LogP contribution in [0.4, 0.5) is 16.2 Å². The number of amides is 3. The van der Waals surface area contributed by atoms with Crippen LogP contribution in [0.25, 0.3) is 0 Å². The summed E-state index contributed by atoms with van der Waals surface area (Å²) in [7, 11) is 0. The summed E-state index contributed by atoms with van der Waals surface area (Å²) in [5, 5.41) is 2.81. The van der Waals surface area contributed by atoms with Crippen molar-refractivity contribution in [1.29, 1.82) is 0 Å². The number of furan rings is 1. The number of anilines is 2. The van der Waals surface area contributed by atoms with E-state index in [9.17, 15) is 9.59 Å². The fourth-order valence-corrected chi connectivity index (χ4v) is 3.61. The first-order valence-corrected chi connectivity index (χ1v) is 9.71. The molecule has 0 bridgehead atoms. The van der Waals surface area contributed by atoms with Gasteiger partial charge in [0.2, 0.25) is 0 Å². The molecule has 1 N–H and O–H groups in total. The molecule has 0 spiro atoms. The van der Waals surface area contributed by atoms with E-state index in [2.05, 4.69) is 12.2 Å². The minimum atomic E-state index is -0.323. The quantitative estimate of drug-likeness (QED) is 0.673. The maximum Gasteiger partial charge on any atom is 0.324 e. The van der Waals surface area contributed by atoms with E-state index >= 15 is 0 Å². The molecule has 0 radical (unpaired) electrons. The Balaban J connectivity index is 1.52. The second-order valence-corrected chi connectivity index (χ2v) is 7.05. The molecule has 1 aliphatic heterocycles. The molecule has 1 saturated heterocycles. The Morgan fingerprint density at radius 2 is 1.86 bits per heavy atom. The molecular formula is C23H23N3O3. The summed E-state index contributed by atoms with van der Waals surface area (Å²) in [6.45, 7) is 3.42. The highest BCUT2D eigenvalue weighted by atomic mass is 16.3. The van der Waals surface area contributed by atoms with Gasteiger partial charge in [-0.3, -0.25) is 9.69 Å². The van der Waals surface area contributed by atoms with Gasteiger partial charge in [-0.2, -0.15) is 0 Å². The standard InChI is InChI=1S/C23H23N3O3/c1-17(18-8-3-2-4-9-18)25-13-7-14-26(23(25)28)20-11-5-10-19(16-20)24-22(27)21-12-6-15-29-21/h2-6,8-12,15-17H,7,13-14H2,1H3,(H,24,27). The molecule has 1 aromatic heterocycles. The summed E-state index contributed by atoms with van der Waals surface area (Å²) in [4.78, 5) is 29.1. The zero-order valence-corrected chi connectivity index (χ0v) is 16.2. The predicted octanol–water partition coefficient (Wildman–Crippen LogP) is 4.93. The average molecular weight is 389 g/mol. The third-order valence-corrected chi connectivity index (χ3v) is 5.17. The molecule has 4 rings (SSSR count). The minimum absolute atomic E-state index is 0.00617. The number of carbonyl (C=O) groups is 2. The van der Waals surface area contributed by atoms with E-state index in [1.54, 1.807) is 23.1 Å². The molecule has 6 nitrogen and oxygen atoms in total. The molecule has 0 saturated carbocycles. The molecule has 148 valence electrons. The molecule has 29 heavy (non-hydrogen) atoms. The second-order valence-electron chi connectivity index (χ2n) is 7.05. The van der Waals surface area contributed by atoms with E-state index in [1.807, 2.05) is 53.4 Å². The number of rotatable bonds is 5. The van der Waals surface area contributed by atoms with E-state index in [4.69, 9.17) is 4.42 Å². The fourth-order valence-electron chi connectivity index (χ4n) is 3.61. The number of carbonyl (C=O) groups excluding carboxylic acids is 2. The van der Waals surface area contributed by atoms with Crippen LogP contribution in [0.1, 0.15) is 35.5 Å². The molecule has 0 aliphatic carbocycles. The molecule has 1 fully saturated rings. The summed E-state index contributed by atoms with van der Waals surface area (Å²) < 4.78 is 5.13. The van der Waals surface area contributed by atoms with Crippen LogP contribution in [0.5, 0.6) is 0 Å². The van der Waals surface area contributed by atoms with E-state index in [0.29, 0.717) is 12.2 Å². The zero-order valence-electron chi connectivity index (χ0n) is 16.2. The zero-order chi connectivity index (χ0) is 20.2. The second kappa shape index (κ2) is 8.22. The van der Waals surface area contributed by atoms with Gasteiger partial charge in [0, 0.05) is 24.5 Å². The molecule has 1 aliphatic rings. The van der Waals surface area contributed by atoms with Gasteiger partial charge in [0.15, 0.2) is 5.76 Å².